The molecule has 0 heteroatoms. The number of benzene rings is 1. The van der Waals surface area contributed by atoms with Crippen molar-refractivity contribution in [2.45, 2.75) is 152 Å². The molecule has 4 aliphatic rings. The molecule has 0 radical (unpaired) electrons. The molecule has 1 aromatic rings. The lowest BCUT2D eigenvalue weighted by Crippen LogP contribution is -2.18. The maximum absolute atomic E-state index is 2.86. The van der Waals surface area contributed by atoms with E-state index in [2.05, 4.69) is 12.1 Å². The van der Waals surface area contributed by atoms with Gasteiger partial charge in [0.25, 0.3) is 0 Å². The lowest BCUT2D eigenvalue weighted by atomic mass is 9.70. The largest absolute Gasteiger partial charge is 0.0547 e. The Morgan fingerprint density at radius 2 is 0.500 bits per heavy atom. The van der Waals surface area contributed by atoms with Crippen LogP contribution in [-0.4, -0.2) is 0 Å². The van der Waals surface area contributed by atoms with Crippen LogP contribution in [0.2, 0.25) is 0 Å². The van der Waals surface area contributed by atoms with Gasteiger partial charge in [-0.3, -0.25) is 0 Å². The predicted octanol–water partition coefficient (Wildman–Crippen LogP) is 9.88. The van der Waals surface area contributed by atoms with Crippen LogP contribution in [-0.2, 0) is 0 Å². The van der Waals surface area contributed by atoms with Gasteiger partial charge < -0.3 is 0 Å². The molecule has 4 fully saturated rings. The fourth-order valence-corrected chi connectivity index (χ4v) is 7.74. The van der Waals surface area contributed by atoms with Crippen LogP contribution in [0.25, 0.3) is 0 Å². The summed E-state index contributed by atoms with van der Waals surface area (Å²) in [7, 11) is 0. The Balaban J connectivity index is 1.57. The molecule has 0 spiro atoms. The lowest BCUT2D eigenvalue weighted by molar-refractivity contribution is 0.406. The summed E-state index contributed by atoms with van der Waals surface area (Å²) in [6, 6.07) is 5.72. The second-order valence-corrected chi connectivity index (χ2v) is 11.4. The van der Waals surface area contributed by atoms with Gasteiger partial charge in [0.05, 0.1) is 0 Å². The second-order valence-electron chi connectivity index (χ2n) is 11.4. The summed E-state index contributed by atoms with van der Waals surface area (Å²) < 4.78 is 0. The molecule has 5 rings (SSSR count). The van der Waals surface area contributed by atoms with Gasteiger partial charge in [-0.15, -0.1) is 0 Å². The number of hydrogen-bond acceptors (Lipinski definition) is 0. The molecule has 0 N–H and O–H groups in total. The van der Waals surface area contributed by atoms with Gasteiger partial charge in [0.15, 0.2) is 0 Å². The Labute approximate surface area is 186 Å². The molecule has 0 nitrogen and oxygen atoms in total. The topological polar surface area (TPSA) is 0 Å². The van der Waals surface area contributed by atoms with Gasteiger partial charge in [-0.05, 0) is 97.3 Å². The molecule has 0 atom stereocenters. The average molecular weight is 407 g/mol. The van der Waals surface area contributed by atoms with Crippen LogP contribution in [0.4, 0.5) is 0 Å². The van der Waals surface area contributed by atoms with Gasteiger partial charge in [-0.25, -0.2) is 0 Å². The Morgan fingerprint density at radius 1 is 0.300 bits per heavy atom. The van der Waals surface area contributed by atoms with Crippen LogP contribution < -0.4 is 0 Å². The van der Waals surface area contributed by atoms with Crippen LogP contribution in [0, 0.1) is 0 Å². The summed E-state index contributed by atoms with van der Waals surface area (Å²) in [5.41, 5.74) is 7.40. The van der Waals surface area contributed by atoms with Crippen LogP contribution in [0.1, 0.15) is 174 Å². The summed E-state index contributed by atoms with van der Waals surface area (Å²) in [6.07, 6.45) is 29.4. The van der Waals surface area contributed by atoms with Crippen LogP contribution in [0.3, 0.4) is 0 Å². The fourth-order valence-electron chi connectivity index (χ4n) is 7.74. The Morgan fingerprint density at radius 3 is 0.700 bits per heavy atom. The zero-order valence-electron chi connectivity index (χ0n) is 19.6. The summed E-state index contributed by atoms with van der Waals surface area (Å²) in [6.45, 7) is 0. The van der Waals surface area contributed by atoms with Crippen molar-refractivity contribution in [3.63, 3.8) is 0 Å². The Bertz CT molecular complexity index is 547. The zero-order chi connectivity index (χ0) is 20.2. The van der Waals surface area contributed by atoms with E-state index in [1.807, 2.05) is 22.3 Å². The van der Waals surface area contributed by atoms with Crippen molar-refractivity contribution in [1.29, 1.82) is 0 Å². The van der Waals surface area contributed by atoms with Gasteiger partial charge in [0, 0.05) is 0 Å². The molecule has 0 saturated heterocycles. The summed E-state index contributed by atoms with van der Waals surface area (Å²) >= 11 is 0. The normalized spacial score (nSPS) is 26.1. The highest BCUT2D eigenvalue weighted by Crippen LogP contribution is 2.47. The Kier molecular flexibility index (Phi) is 7.19. The molecular formula is C30H46. The smallest absolute Gasteiger partial charge is 0.0159 e. The first-order valence-corrected chi connectivity index (χ1v) is 14.1. The van der Waals surface area contributed by atoms with E-state index in [0.717, 1.165) is 23.7 Å². The van der Waals surface area contributed by atoms with Crippen molar-refractivity contribution < 1.29 is 0 Å². The minimum atomic E-state index is 0.874. The first kappa shape index (κ1) is 21.1. The van der Waals surface area contributed by atoms with Gasteiger partial charge in [-0.2, -0.15) is 0 Å². The van der Waals surface area contributed by atoms with Gasteiger partial charge in [0.1, 0.15) is 0 Å². The van der Waals surface area contributed by atoms with E-state index in [-0.39, 0.29) is 0 Å². The summed E-state index contributed by atoms with van der Waals surface area (Å²) in [4.78, 5) is 0. The molecule has 166 valence electrons. The average Bonchev–Trinajstić information content (AvgIpc) is 2.85. The third-order valence-electron chi connectivity index (χ3n) is 9.47. The lowest BCUT2D eigenvalue weighted by Gasteiger charge is -2.35. The van der Waals surface area contributed by atoms with E-state index in [0.29, 0.717) is 0 Å². The summed E-state index contributed by atoms with van der Waals surface area (Å²) in [5, 5.41) is 0. The minimum Gasteiger partial charge on any atom is -0.0547 e. The fraction of sp³-hybridized carbons (Fsp3) is 0.800. The molecule has 0 amide bonds. The maximum Gasteiger partial charge on any atom is -0.0159 e. The predicted molar refractivity (Wildman–Crippen MR) is 130 cm³/mol. The molecule has 0 aromatic heterocycles. The molecule has 4 saturated carbocycles. The molecule has 0 unspecified atom stereocenters. The van der Waals surface area contributed by atoms with Crippen LogP contribution in [0.5, 0.6) is 0 Å². The second kappa shape index (κ2) is 10.2. The molecule has 0 aliphatic heterocycles. The monoisotopic (exact) mass is 406 g/mol. The van der Waals surface area contributed by atoms with E-state index >= 15 is 0 Å². The van der Waals surface area contributed by atoms with E-state index in [1.54, 1.807) is 0 Å². The highest BCUT2D eigenvalue weighted by atomic mass is 14.3. The SMILES string of the molecule is c1c(C2CCCCC2)c(C2CCCCC2)cc(C2CCCCC2)c1C1CCCCC1. The standard InChI is InChI=1S/C30H46/c1-5-13-23(14-6-1)27-21-29(25-17-9-3-10-18-25)30(26-19-11-4-12-20-26)22-28(27)24-15-7-2-8-16-24/h21-26H,1-20H2. The van der Waals surface area contributed by atoms with Gasteiger partial charge >= 0.3 is 0 Å². The minimum absolute atomic E-state index is 0.874. The molecule has 1 aromatic carbocycles. The first-order chi connectivity index (χ1) is 14.9. The highest BCUT2D eigenvalue weighted by molar-refractivity contribution is 5.46. The van der Waals surface area contributed by atoms with E-state index in [4.69, 9.17) is 0 Å². The molecule has 4 aliphatic carbocycles. The highest BCUT2D eigenvalue weighted by Gasteiger charge is 2.30. The van der Waals surface area contributed by atoms with Crippen molar-refractivity contribution in [1.82, 2.24) is 0 Å². The maximum atomic E-state index is 2.86. The van der Waals surface area contributed by atoms with Crippen molar-refractivity contribution in [2.24, 2.45) is 0 Å². The molecule has 0 bridgehead atoms. The van der Waals surface area contributed by atoms with Crippen molar-refractivity contribution in [2.75, 3.05) is 0 Å². The number of rotatable bonds is 4. The third kappa shape index (κ3) is 4.68. The molecular weight excluding hydrogens is 360 g/mol. The third-order valence-corrected chi connectivity index (χ3v) is 9.47. The van der Waals surface area contributed by atoms with Crippen LogP contribution >= 0.6 is 0 Å². The zero-order valence-corrected chi connectivity index (χ0v) is 19.6. The number of hydrogen-bond donors (Lipinski definition) is 0. The van der Waals surface area contributed by atoms with Gasteiger partial charge in [-0.1, -0.05) is 89.2 Å². The Hall–Kier alpha value is -0.780. The van der Waals surface area contributed by atoms with Crippen LogP contribution in [0.15, 0.2) is 12.1 Å². The van der Waals surface area contributed by atoms with Gasteiger partial charge in [0.2, 0.25) is 0 Å². The van der Waals surface area contributed by atoms with E-state index in [1.165, 1.54) is 128 Å². The van der Waals surface area contributed by atoms with Crippen molar-refractivity contribution in [3.05, 3.63) is 34.4 Å². The molecule has 0 heterocycles. The van der Waals surface area contributed by atoms with Crippen molar-refractivity contribution >= 4 is 0 Å². The first-order valence-electron chi connectivity index (χ1n) is 14.1. The van der Waals surface area contributed by atoms with E-state index in [9.17, 15) is 0 Å². The van der Waals surface area contributed by atoms with Crippen molar-refractivity contribution in [3.8, 4) is 0 Å². The van der Waals surface area contributed by atoms with E-state index < -0.39 is 0 Å². The quantitative estimate of drug-likeness (QED) is 0.466. The molecule has 30 heavy (non-hydrogen) atoms. The summed E-state index contributed by atoms with van der Waals surface area (Å²) in [5.74, 6) is 3.49.